The normalized spacial score (nSPS) is 22.0. The SMILES string of the molecule is NC(=O)c1ccc(C(=O)N2CCC[C@@H]3c4ccccc4CC[C@@H]32)cc1. The van der Waals surface area contributed by atoms with E-state index < -0.39 is 5.91 Å². The molecule has 1 fully saturated rings. The fourth-order valence-corrected chi connectivity index (χ4v) is 4.40. The van der Waals surface area contributed by atoms with Crippen molar-refractivity contribution in [3.8, 4) is 0 Å². The Bertz CT molecular complexity index is 813. The summed E-state index contributed by atoms with van der Waals surface area (Å²) in [5.74, 6) is 0.0265. The van der Waals surface area contributed by atoms with Gasteiger partial charge in [0.2, 0.25) is 5.91 Å². The van der Waals surface area contributed by atoms with E-state index in [1.54, 1.807) is 24.3 Å². The summed E-state index contributed by atoms with van der Waals surface area (Å²) in [5.41, 5.74) is 9.19. The van der Waals surface area contributed by atoms with Crippen LogP contribution in [-0.2, 0) is 6.42 Å². The third kappa shape index (κ3) is 2.82. The fourth-order valence-electron chi connectivity index (χ4n) is 4.40. The maximum Gasteiger partial charge on any atom is 0.254 e. The molecule has 4 rings (SSSR count). The van der Waals surface area contributed by atoms with E-state index in [1.165, 1.54) is 11.1 Å². The number of nitrogens with two attached hydrogens (primary N) is 1. The van der Waals surface area contributed by atoms with Gasteiger partial charge in [0, 0.05) is 29.6 Å². The Morgan fingerprint density at radius 1 is 0.960 bits per heavy atom. The van der Waals surface area contributed by atoms with Gasteiger partial charge in [-0.15, -0.1) is 0 Å². The minimum Gasteiger partial charge on any atom is -0.366 e. The van der Waals surface area contributed by atoms with Gasteiger partial charge in [0.15, 0.2) is 0 Å². The lowest BCUT2D eigenvalue weighted by Crippen LogP contribution is -2.49. The molecule has 1 aliphatic heterocycles. The van der Waals surface area contributed by atoms with Crippen LogP contribution in [-0.4, -0.2) is 29.3 Å². The van der Waals surface area contributed by atoms with Crippen molar-refractivity contribution < 1.29 is 9.59 Å². The average molecular weight is 334 g/mol. The number of aryl methyl sites for hydroxylation is 1. The summed E-state index contributed by atoms with van der Waals surface area (Å²) in [6.07, 6.45) is 4.22. The molecule has 2 aliphatic rings. The van der Waals surface area contributed by atoms with E-state index in [9.17, 15) is 9.59 Å². The minimum absolute atomic E-state index is 0.0603. The molecule has 2 N–H and O–H groups in total. The van der Waals surface area contributed by atoms with Crippen LogP contribution < -0.4 is 5.73 Å². The molecule has 1 heterocycles. The highest BCUT2D eigenvalue weighted by molar-refractivity contribution is 5.97. The number of nitrogens with zero attached hydrogens (tertiary/aromatic N) is 1. The first kappa shape index (κ1) is 15.9. The van der Waals surface area contributed by atoms with Gasteiger partial charge >= 0.3 is 0 Å². The molecule has 0 bridgehead atoms. The number of primary amides is 1. The number of carbonyl (C=O) groups excluding carboxylic acids is 2. The van der Waals surface area contributed by atoms with E-state index in [-0.39, 0.29) is 11.9 Å². The molecule has 128 valence electrons. The largest absolute Gasteiger partial charge is 0.366 e. The Morgan fingerprint density at radius 2 is 1.68 bits per heavy atom. The highest BCUT2D eigenvalue weighted by Gasteiger charge is 2.38. The van der Waals surface area contributed by atoms with E-state index in [0.29, 0.717) is 17.0 Å². The molecule has 2 aromatic carbocycles. The average Bonchev–Trinajstić information content (AvgIpc) is 2.67. The molecule has 2 atom stereocenters. The monoisotopic (exact) mass is 334 g/mol. The van der Waals surface area contributed by atoms with Crippen LogP contribution in [0.15, 0.2) is 48.5 Å². The van der Waals surface area contributed by atoms with Gasteiger partial charge in [0.1, 0.15) is 0 Å². The summed E-state index contributed by atoms with van der Waals surface area (Å²) < 4.78 is 0. The summed E-state index contributed by atoms with van der Waals surface area (Å²) in [6, 6.07) is 15.6. The number of amides is 2. The van der Waals surface area contributed by atoms with E-state index in [0.717, 1.165) is 32.2 Å². The van der Waals surface area contributed by atoms with Crippen molar-refractivity contribution in [2.75, 3.05) is 6.54 Å². The zero-order valence-corrected chi connectivity index (χ0v) is 14.2. The Labute approximate surface area is 147 Å². The van der Waals surface area contributed by atoms with Crippen LogP contribution in [0.25, 0.3) is 0 Å². The molecule has 0 radical (unpaired) electrons. The van der Waals surface area contributed by atoms with Gasteiger partial charge in [-0.1, -0.05) is 24.3 Å². The van der Waals surface area contributed by atoms with Crippen molar-refractivity contribution >= 4 is 11.8 Å². The number of benzene rings is 2. The van der Waals surface area contributed by atoms with Crippen LogP contribution in [0.3, 0.4) is 0 Å². The maximum atomic E-state index is 13.1. The number of fused-ring (bicyclic) bond motifs is 3. The summed E-state index contributed by atoms with van der Waals surface area (Å²) in [7, 11) is 0. The molecule has 2 amide bonds. The first-order valence-corrected chi connectivity index (χ1v) is 8.94. The molecule has 0 unspecified atom stereocenters. The first-order valence-electron chi connectivity index (χ1n) is 8.94. The topological polar surface area (TPSA) is 63.4 Å². The Kier molecular flexibility index (Phi) is 4.04. The van der Waals surface area contributed by atoms with Gasteiger partial charge in [0.25, 0.3) is 5.91 Å². The second-order valence-corrected chi connectivity index (χ2v) is 6.99. The Balaban J connectivity index is 1.60. The van der Waals surface area contributed by atoms with Crippen molar-refractivity contribution in [2.24, 2.45) is 5.73 Å². The standard InChI is InChI=1S/C21H22N2O2/c22-20(24)15-7-9-16(10-8-15)21(25)23-13-3-6-18-17-5-2-1-4-14(17)11-12-19(18)23/h1-2,4-5,7-10,18-19H,3,6,11-13H2,(H2,22,24)/t18-,19+/m1/s1. The van der Waals surface area contributed by atoms with E-state index in [2.05, 4.69) is 24.3 Å². The fraction of sp³-hybridized carbons (Fsp3) is 0.333. The van der Waals surface area contributed by atoms with Gasteiger partial charge in [-0.2, -0.15) is 0 Å². The summed E-state index contributed by atoms with van der Waals surface area (Å²) in [5, 5.41) is 0. The number of carbonyl (C=O) groups is 2. The van der Waals surface area contributed by atoms with Gasteiger partial charge in [-0.25, -0.2) is 0 Å². The summed E-state index contributed by atoms with van der Waals surface area (Å²) >= 11 is 0. The maximum absolute atomic E-state index is 13.1. The van der Waals surface area contributed by atoms with Crippen LogP contribution in [0.5, 0.6) is 0 Å². The molecule has 0 spiro atoms. The van der Waals surface area contributed by atoms with Crippen molar-refractivity contribution in [3.63, 3.8) is 0 Å². The van der Waals surface area contributed by atoms with Gasteiger partial charge < -0.3 is 10.6 Å². The molecule has 4 heteroatoms. The van der Waals surface area contributed by atoms with Crippen molar-refractivity contribution in [1.82, 2.24) is 4.90 Å². The molecule has 0 saturated carbocycles. The van der Waals surface area contributed by atoms with Gasteiger partial charge in [-0.05, 0) is 61.1 Å². The highest BCUT2D eigenvalue weighted by Crippen LogP contribution is 2.41. The van der Waals surface area contributed by atoms with Crippen molar-refractivity contribution in [3.05, 3.63) is 70.8 Å². The van der Waals surface area contributed by atoms with Crippen LogP contribution in [0.1, 0.15) is 57.0 Å². The van der Waals surface area contributed by atoms with Crippen LogP contribution in [0.2, 0.25) is 0 Å². The molecule has 25 heavy (non-hydrogen) atoms. The summed E-state index contributed by atoms with van der Waals surface area (Å²) in [6.45, 7) is 0.805. The Morgan fingerprint density at radius 3 is 2.44 bits per heavy atom. The summed E-state index contributed by atoms with van der Waals surface area (Å²) in [4.78, 5) is 26.3. The lowest BCUT2D eigenvalue weighted by atomic mass is 9.74. The number of likely N-dealkylation sites (tertiary alicyclic amines) is 1. The van der Waals surface area contributed by atoms with Crippen molar-refractivity contribution in [1.29, 1.82) is 0 Å². The molecule has 1 saturated heterocycles. The van der Waals surface area contributed by atoms with Gasteiger partial charge in [-0.3, -0.25) is 9.59 Å². The lowest BCUT2D eigenvalue weighted by molar-refractivity contribution is 0.0546. The number of piperidine rings is 1. The van der Waals surface area contributed by atoms with Crippen molar-refractivity contribution in [2.45, 2.75) is 37.6 Å². The first-order chi connectivity index (χ1) is 12.1. The second kappa shape index (κ2) is 6.36. The van der Waals surface area contributed by atoms with Crippen LogP contribution in [0, 0.1) is 0 Å². The smallest absolute Gasteiger partial charge is 0.254 e. The number of rotatable bonds is 2. The molecular weight excluding hydrogens is 312 g/mol. The minimum atomic E-state index is -0.471. The van der Waals surface area contributed by atoms with E-state index in [4.69, 9.17) is 5.73 Å². The molecule has 4 nitrogen and oxygen atoms in total. The number of hydrogen-bond acceptors (Lipinski definition) is 2. The lowest BCUT2D eigenvalue weighted by Gasteiger charge is -2.45. The van der Waals surface area contributed by atoms with Crippen LogP contribution >= 0.6 is 0 Å². The number of hydrogen-bond donors (Lipinski definition) is 1. The third-order valence-corrected chi connectivity index (χ3v) is 5.62. The van der Waals surface area contributed by atoms with E-state index in [1.807, 2.05) is 4.90 Å². The zero-order valence-electron chi connectivity index (χ0n) is 14.2. The Hall–Kier alpha value is -2.62. The van der Waals surface area contributed by atoms with Crippen LogP contribution in [0.4, 0.5) is 0 Å². The molecule has 0 aromatic heterocycles. The van der Waals surface area contributed by atoms with Gasteiger partial charge in [0.05, 0.1) is 0 Å². The quantitative estimate of drug-likeness (QED) is 0.917. The van der Waals surface area contributed by atoms with E-state index >= 15 is 0 Å². The second-order valence-electron chi connectivity index (χ2n) is 6.99. The predicted molar refractivity (Wildman–Crippen MR) is 96.5 cm³/mol. The third-order valence-electron chi connectivity index (χ3n) is 5.62. The molecule has 2 aromatic rings. The highest BCUT2D eigenvalue weighted by atomic mass is 16.2. The molecule has 1 aliphatic carbocycles. The molecular formula is C21H22N2O2. The zero-order chi connectivity index (χ0) is 17.4. The predicted octanol–water partition coefficient (Wildman–Crippen LogP) is 3.12.